The predicted molar refractivity (Wildman–Crippen MR) is 90.9 cm³/mol. The number of amides is 1. The molecule has 1 amide bonds. The van der Waals surface area contributed by atoms with Crippen LogP contribution in [0, 0.1) is 0 Å². The molecule has 1 atom stereocenters. The van der Waals surface area contributed by atoms with Crippen LogP contribution in [-0.2, 0) is 6.54 Å². The molecule has 1 aliphatic heterocycles. The minimum absolute atomic E-state index is 0.0711. The predicted octanol–water partition coefficient (Wildman–Crippen LogP) is 2.34. The molecule has 0 aliphatic carbocycles. The van der Waals surface area contributed by atoms with Gasteiger partial charge in [-0.1, -0.05) is 30.3 Å². The molecule has 1 aromatic carbocycles. The smallest absolute Gasteiger partial charge is 0.273 e. The molecule has 2 aromatic heterocycles. The molecular weight excluding hydrogens is 354 g/mol. The van der Waals surface area contributed by atoms with E-state index in [4.69, 9.17) is 0 Å². The van der Waals surface area contributed by atoms with E-state index in [-0.39, 0.29) is 5.69 Å². The van der Waals surface area contributed by atoms with Gasteiger partial charge in [-0.2, -0.15) is 0 Å². The molecule has 1 aliphatic rings. The van der Waals surface area contributed by atoms with Crippen LogP contribution in [0.25, 0.3) is 0 Å². The van der Waals surface area contributed by atoms with Gasteiger partial charge in [-0.15, -0.1) is 10.2 Å². The zero-order valence-electron chi connectivity index (χ0n) is 14.2. The summed E-state index contributed by atoms with van der Waals surface area (Å²) in [5.74, 6) is -3.25. The zero-order valence-corrected chi connectivity index (χ0v) is 14.2. The number of halogens is 2. The topological polar surface area (TPSA) is 76.8 Å². The summed E-state index contributed by atoms with van der Waals surface area (Å²) in [5, 5.41) is 7.92. The number of aromatic nitrogens is 5. The van der Waals surface area contributed by atoms with E-state index < -0.39 is 30.8 Å². The maximum Gasteiger partial charge on any atom is 0.273 e. The SMILES string of the molecule is O=C(c1ccncn1)N1CC(F)(F)C[C@H]1c1nncn1Cc1ccccc1. The highest BCUT2D eigenvalue weighted by Gasteiger charge is 2.49. The first kappa shape index (κ1) is 17.2. The van der Waals surface area contributed by atoms with Crippen molar-refractivity contribution in [2.24, 2.45) is 0 Å². The Hall–Kier alpha value is -3.23. The molecule has 3 heterocycles. The van der Waals surface area contributed by atoms with E-state index in [1.165, 1.54) is 24.9 Å². The van der Waals surface area contributed by atoms with E-state index >= 15 is 0 Å². The summed E-state index contributed by atoms with van der Waals surface area (Å²) in [7, 11) is 0. The normalized spacial score (nSPS) is 18.6. The standard InChI is InChI=1S/C18H16F2N6O/c19-18(20)8-15(26(10-18)17(27)14-6-7-21-11-22-14)16-24-23-12-25(16)9-13-4-2-1-3-5-13/h1-7,11-12,15H,8-10H2/t15-/m0/s1. The Kier molecular flexibility index (Phi) is 4.35. The zero-order chi connectivity index (χ0) is 18.9. The highest BCUT2D eigenvalue weighted by Crippen LogP contribution is 2.41. The second-order valence-electron chi connectivity index (χ2n) is 6.41. The first-order chi connectivity index (χ1) is 13.0. The molecule has 7 nitrogen and oxygen atoms in total. The number of alkyl halides is 2. The van der Waals surface area contributed by atoms with Gasteiger partial charge in [0.15, 0.2) is 5.82 Å². The number of rotatable bonds is 4. The van der Waals surface area contributed by atoms with Gasteiger partial charge in [0.05, 0.1) is 19.1 Å². The van der Waals surface area contributed by atoms with Crippen LogP contribution < -0.4 is 0 Å². The minimum Gasteiger partial charge on any atom is -0.321 e. The monoisotopic (exact) mass is 370 g/mol. The molecule has 3 aromatic rings. The van der Waals surface area contributed by atoms with Gasteiger partial charge in [0.2, 0.25) is 0 Å². The van der Waals surface area contributed by atoms with Crippen LogP contribution in [0.5, 0.6) is 0 Å². The fourth-order valence-corrected chi connectivity index (χ4v) is 3.25. The Labute approximate surface area is 153 Å². The average molecular weight is 370 g/mol. The summed E-state index contributed by atoms with van der Waals surface area (Å²) in [4.78, 5) is 21.5. The molecule has 4 rings (SSSR count). The largest absolute Gasteiger partial charge is 0.321 e. The van der Waals surface area contributed by atoms with Gasteiger partial charge in [-0.25, -0.2) is 18.7 Å². The molecule has 0 saturated carbocycles. The molecule has 27 heavy (non-hydrogen) atoms. The summed E-state index contributed by atoms with van der Waals surface area (Å²) >= 11 is 0. The fourth-order valence-electron chi connectivity index (χ4n) is 3.25. The lowest BCUT2D eigenvalue weighted by atomic mass is 10.1. The van der Waals surface area contributed by atoms with Crippen LogP contribution in [0.4, 0.5) is 8.78 Å². The van der Waals surface area contributed by atoms with Crippen LogP contribution in [0.2, 0.25) is 0 Å². The van der Waals surface area contributed by atoms with Crippen molar-refractivity contribution in [3.8, 4) is 0 Å². The van der Waals surface area contributed by atoms with Crippen molar-refractivity contribution in [1.29, 1.82) is 0 Å². The van der Waals surface area contributed by atoms with E-state index in [1.54, 1.807) is 4.57 Å². The number of carbonyl (C=O) groups excluding carboxylic acids is 1. The Balaban J connectivity index is 1.65. The van der Waals surface area contributed by atoms with Crippen molar-refractivity contribution in [2.75, 3.05) is 6.54 Å². The lowest BCUT2D eigenvalue weighted by Crippen LogP contribution is -2.34. The quantitative estimate of drug-likeness (QED) is 0.705. The summed E-state index contributed by atoms with van der Waals surface area (Å²) in [6.07, 6.45) is 3.61. The van der Waals surface area contributed by atoms with E-state index in [1.807, 2.05) is 30.3 Å². The van der Waals surface area contributed by atoms with Crippen LogP contribution >= 0.6 is 0 Å². The van der Waals surface area contributed by atoms with E-state index in [0.717, 1.165) is 10.5 Å². The van der Waals surface area contributed by atoms with Crippen LogP contribution in [0.3, 0.4) is 0 Å². The Morgan fingerprint density at radius 1 is 1.22 bits per heavy atom. The van der Waals surface area contributed by atoms with Gasteiger partial charge in [0.25, 0.3) is 11.8 Å². The molecule has 0 unspecified atom stereocenters. The van der Waals surface area contributed by atoms with E-state index in [9.17, 15) is 13.6 Å². The van der Waals surface area contributed by atoms with E-state index in [2.05, 4.69) is 20.2 Å². The third-order valence-corrected chi connectivity index (χ3v) is 4.47. The van der Waals surface area contributed by atoms with Crippen molar-refractivity contribution in [3.63, 3.8) is 0 Å². The molecule has 0 N–H and O–H groups in total. The molecule has 9 heteroatoms. The minimum atomic E-state index is -3.00. The first-order valence-electron chi connectivity index (χ1n) is 8.40. The summed E-state index contributed by atoms with van der Waals surface area (Å²) in [5.41, 5.74) is 1.05. The average Bonchev–Trinajstić information content (AvgIpc) is 3.26. The number of nitrogens with zero attached hydrogens (tertiary/aromatic N) is 6. The van der Waals surface area contributed by atoms with Gasteiger partial charge in [-0.3, -0.25) is 4.79 Å². The molecule has 0 bridgehead atoms. The van der Waals surface area contributed by atoms with Crippen molar-refractivity contribution >= 4 is 5.91 Å². The molecule has 1 fully saturated rings. The van der Waals surface area contributed by atoms with Gasteiger partial charge < -0.3 is 9.47 Å². The fraction of sp³-hybridized carbons (Fsp3) is 0.278. The molecular formula is C18H16F2N6O. The second kappa shape index (κ2) is 6.82. The summed E-state index contributed by atoms with van der Waals surface area (Å²) in [6, 6.07) is 10.1. The van der Waals surface area contributed by atoms with Crippen molar-refractivity contribution in [2.45, 2.75) is 24.9 Å². The number of carbonyl (C=O) groups is 1. The van der Waals surface area contributed by atoms with Gasteiger partial charge in [-0.05, 0) is 11.6 Å². The highest BCUT2D eigenvalue weighted by atomic mass is 19.3. The Bertz CT molecular complexity index is 931. The molecule has 138 valence electrons. The van der Waals surface area contributed by atoms with Crippen LogP contribution in [0.1, 0.15) is 34.3 Å². The maximum absolute atomic E-state index is 14.2. The highest BCUT2D eigenvalue weighted by molar-refractivity contribution is 5.92. The third-order valence-electron chi connectivity index (χ3n) is 4.47. The van der Waals surface area contributed by atoms with Gasteiger partial charge in [0, 0.05) is 12.6 Å². The lowest BCUT2D eigenvalue weighted by molar-refractivity contribution is 0.0117. The van der Waals surface area contributed by atoms with E-state index in [0.29, 0.717) is 12.4 Å². The number of hydrogen-bond acceptors (Lipinski definition) is 5. The van der Waals surface area contributed by atoms with Gasteiger partial charge >= 0.3 is 0 Å². The van der Waals surface area contributed by atoms with Crippen molar-refractivity contribution in [3.05, 3.63) is 72.3 Å². The molecule has 0 spiro atoms. The summed E-state index contributed by atoms with van der Waals surface area (Å²) < 4.78 is 30.1. The Morgan fingerprint density at radius 2 is 2.04 bits per heavy atom. The number of hydrogen-bond donors (Lipinski definition) is 0. The van der Waals surface area contributed by atoms with Crippen LogP contribution in [0.15, 0.2) is 55.2 Å². The first-order valence-corrected chi connectivity index (χ1v) is 8.40. The third kappa shape index (κ3) is 3.53. The van der Waals surface area contributed by atoms with Crippen LogP contribution in [-0.4, -0.2) is 48.0 Å². The molecule has 0 radical (unpaired) electrons. The Morgan fingerprint density at radius 3 is 2.78 bits per heavy atom. The second-order valence-corrected chi connectivity index (χ2v) is 6.41. The van der Waals surface area contributed by atoms with Crippen molar-refractivity contribution < 1.29 is 13.6 Å². The molecule has 1 saturated heterocycles. The number of benzene rings is 1. The van der Waals surface area contributed by atoms with Gasteiger partial charge in [0.1, 0.15) is 18.3 Å². The lowest BCUT2D eigenvalue weighted by Gasteiger charge is -2.23. The maximum atomic E-state index is 14.2. The van der Waals surface area contributed by atoms with Crippen molar-refractivity contribution in [1.82, 2.24) is 29.6 Å². The summed E-state index contributed by atoms with van der Waals surface area (Å²) in [6.45, 7) is -0.251. The number of likely N-dealkylation sites (tertiary alicyclic amines) is 1.